The zero-order valence-corrected chi connectivity index (χ0v) is 13.0. The van der Waals surface area contributed by atoms with E-state index in [1.54, 1.807) is 0 Å². The van der Waals surface area contributed by atoms with E-state index in [-0.39, 0.29) is 24.9 Å². The molecule has 1 aromatic carbocycles. The lowest BCUT2D eigenvalue weighted by Gasteiger charge is -2.10. The molecule has 0 saturated carbocycles. The van der Waals surface area contributed by atoms with Crippen LogP contribution in [-0.4, -0.2) is 48.9 Å². The number of carboxylic acid groups (broad SMARTS) is 1. The van der Waals surface area contributed by atoms with Gasteiger partial charge in [-0.2, -0.15) is 0 Å². The van der Waals surface area contributed by atoms with Crippen LogP contribution in [0.25, 0.3) is 0 Å². The van der Waals surface area contributed by atoms with Gasteiger partial charge >= 0.3 is 17.9 Å². The molecule has 0 aromatic heterocycles. The molecule has 24 heavy (non-hydrogen) atoms. The van der Waals surface area contributed by atoms with E-state index in [1.807, 2.05) is 0 Å². The van der Waals surface area contributed by atoms with Gasteiger partial charge in [0, 0.05) is 6.08 Å². The summed E-state index contributed by atoms with van der Waals surface area (Å²) in [5, 5.41) is 9.09. The lowest BCUT2D eigenvalue weighted by Crippen LogP contribution is -2.13. The number of carbonyl (C=O) groups excluding carboxylic acids is 2. The third kappa shape index (κ3) is 5.20. The zero-order chi connectivity index (χ0) is 17.5. The molecule has 1 saturated heterocycles. The Hall–Kier alpha value is -2.67. The first-order valence-corrected chi connectivity index (χ1v) is 7.45. The Labute approximate surface area is 138 Å². The highest BCUT2D eigenvalue weighted by Crippen LogP contribution is 2.17. The minimum Gasteiger partial charge on any atom is -0.478 e. The predicted octanol–water partition coefficient (Wildman–Crippen LogP) is 1.60. The molecule has 1 aliphatic heterocycles. The van der Waals surface area contributed by atoms with Gasteiger partial charge in [0.25, 0.3) is 0 Å². The zero-order valence-electron chi connectivity index (χ0n) is 13.0. The third-order valence-corrected chi connectivity index (χ3v) is 3.38. The summed E-state index contributed by atoms with van der Waals surface area (Å²) in [4.78, 5) is 34.2. The number of esters is 2. The van der Waals surface area contributed by atoms with Crippen LogP contribution in [0.5, 0.6) is 0 Å². The smallest absolute Gasteiger partial charge is 0.338 e. The molecule has 7 heteroatoms. The monoisotopic (exact) mass is 334 g/mol. The average Bonchev–Trinajstić information content (AvgIpc) is 3.40. The van der Waals surface area contributed by atoms with Crippen molar-refractivity contribution >= 4 is 17.9 Å². The summed E-state index contributed by atoms with van der Waals surface area (Å²) in [5.41, 5.74) is 0.914. The van der Waals surface area contributed by atoms with E-state index in [0.29, 0.717) is 30.6 Å². The number of carbonyl (C=O) groups is 3. The maximum atomic E-state index is 12.1. The Morgan fingerprint density at radius 1 is 1.33 bits per heavy atom. The second kappa shape index (κ2) is 8.26. The first-order chi connectivity index (χ1) is 11.5. The molecule has 1 N–H and O–H groups in total. The fraction of sp³-hybridized carbons (Fsp3) is 0.353. The van der Waals surface area contributed by atoms with Gasteiger partial charge in [-0.25, -0.2) is 14.4 Å². The van der Waals surface area contributed by atoms with Crippen LogP contribution in [0.1, 0.15) is 32.7 Å². The molecule has 0 radical (unpaired) electrons. The highest BCUT2D eigenvalue weighted by atomic mass is 16.6. The first kappa shape index (κ1) is 17.7. The molecule has 0 spiro atoms. The summed E-state index contributed by atoms with van der Waals surface area (Å²) < 4.78 is 15.0. The fourth-order valence-corrected chi connectivity index (χ4v) is 2.04. The standard InChI is InChI=1S/C17H18O7/c1-2-15(18)22-7-3-4-11-8-12(16(19)20)5-6-14(11)17(21)24-10-13-9-23-13/h2,5-6,8,13H,1,3-4,7,9-10H2,(H,19,20). The summed E-state index contributed by atoms with van der Waals surface area (Å²) in [7, 11) is 0. The fourth-order valence-electron chi connectivity index (χ4n) is 2.04. The minimum atomic E-state index is -1.08. The third-order valence-electron chi connectivity index (χ3n) is 3.38. The Kier molecular flexibility index (Phi) is 6.08. The van der Waals surface area contributed by atoms with Gasteiger partial charge in [-0.1, -0.05) is 6.58 Å². The van der Waals surface area contributed by atoms with E-state index >= 15 is 0 Å². The Balaban J connectivity index is 2.03. The van der Waals surface area contributed by atoms with Crippen LogP contribution >= 0.6 is 0 Å². The van der Waals surface area contributed by atoms with Gasteiger partial charge in [0.1, 0.15) is 12.7 Å². The van der Waals surface area contributed by atoms with Crippen LogP contribution in [0.3, 0.4) is 0 Å². The molecule has 1 aliphatic rings. The van der Waals surface area contributed by atoms with E-state index in [2.05, 4.69) is 6.58 Å². The minimum absolute atomic E-state index is 0.0472. The molecule has 0 bridgehead atoms. The highest BCUT2D eigenvalue weighted by Gasteiger charge is 2.25. The van der Waals surface area contributed by atoms with Crippen LogP contribution in [0.15, 0.2) is 30.9 Å². The van der Waals surface area contributed by atoms with Crippen LogP contribution in [0.2, 0.25) is 0 Å². The summed E-state index contributed by atoms with van der Waals surface area (Å²) in [6.45, 7) is 4.19. The van der Waals surface area contributed by atoms with Crippen molar-refractivity contribution in [1.29, 1.82) is 0 Å². The van der Waals surface area contributed by atoms with Crippen molar-refractivity contribution in [3.05, 3.63) is 47.5 Å². The predicted molar refractivity (Wildman–Crippen MR) is 82.9 cm³/mol. The number of ether oxygens (including phenoxy) is 3. The molecule has 1 heterocycles. The van der Waals surface area contributed by atoms with Crippen molar-refractivity contribution in [3.8, 4) is 0 Å². The summed E-state index contributed by atoms with van der Waals surface area (Å²) in [6, 6.07) is 4.22. The molecule has 1 atom stereocenters. The van der Waals surface area contributed by atoms with E-state index in [0.717, 1.165) is 6.08 Å². The molecular weight excluding hydrogens is 316 g/mol. The van der Waals surface area contributed by atoms with Gasteiger partial charge in [-0.3, -0.25) is 0 Å². The van der Waals surface area contributed by atoms with Crippen LogP contribution in [0, 0.1) is 0 Å². The van der Waals surface area contributed by atoms with Crippen molar-refractivity contribution in [2.75, 3.05) is 19.8 Å². The molecule has 0 amide bonds. The maximum absolute atomic E-state index is 12.1. The molecule has 128 valence electrons. The van der Waals surface area contributed by atoms with E-state index in [9.17, 15) is 14.4 Å². The Morgan fingerprint density at radius 3 is 2.71 bits per heavy atom. The number of aryl methyl sites for hydroxylation is 1. The van der Waals surface area contributed by atoms with Gasteiger partial charge in [0.2, 0.25) is 0 Å². The number of hydrogen-bond donors (Lipinski definition) is 1. The number of aromatic carboxylic acids is 1. The second-order valence-corrected chi connectivity index (χ2v) is 5.21. The number of hydrogen-bond acceptors (Lipinski definition) is 6. The van der Waals surface area contributed by atoms with Crippen molar-refractivity contribution in [1.82, 2.24) is 0 Å². The lowest BCUT2D eigenvalue weighted by atomic mass is 10.00. The largest absolute Gasteiger partial charge is 0.478 e. The first-order valence-electron chi connectivity index (χ1n) is 7.45. The molecular formula is C17H18O7. The van der Waals surface area contributed by atoms with Crippen LogP contribution in [-0.2, 0) is 25.4 Å². The SMILES string of the molecule is C=CC(=O)OCCCc1cc(C(=O)O)ccc1C(=O)OCC1CO1. The van der Waals surface area contributed by atoms with Crippen molar-refractivity contribution in [2.45, 2.75) is 18.9 Å². The topological polar surface area (TPSA) is 102 Å². The van der Waals surface area contributed by atoms with Crippen LogP contribution in [0.4, 0.5) is 0 Å². The second-order valence-electron chi connectivity index (χ2n) is 5.21. The summed E-state index contributed by atoms with van der Waals surface area (Å²) in [5.74, 6) is -2.14. The molecule has 1 fully saturated rings. The van der Waals surface area contributed by atoms with Gasteiger partial charge in [0.05, 0.1) is 24.3 Å². The van der Waals surface area contributed by atoms with Gasteiger partial charge in [-0.15, -0.1) is 0 Å². The Morgan fingerprint density at radius 2 is 2.08 bits per heavy atom. The van der Waals surface area contributed by atoms with Crippen molar-refractivity contribution < 1.29 is 33.7 Å². The summed E-state index contributed by atoms with van der Waals surface area (Å²) in [6.07, 6.45) is 1.83. The van der Waals surface area contributed by atoms with Gasteiger partial charge in [0.15, 0.2) is 0 Å². The van der Waals surface area contributed by atoms with E-state index < -0.39 is 17.9 Å². The molecule has 1 unspecified atom stereocenters. The average molecular weight is 334 g/mol. The number of carboxylic acids is 1. The van der Waals surface area contributed by atoms with Gasteiger partial charge in [-0.05, 0) is 36.6 Å². The molecule has 1 aromatic rings. The van der Waals surface area contributed by atoms with Gasteiger partial charge < -0.3 is 19.3 Å². The van der Waals surface area contributed by atoms with Crippen LogP contribution < -0.4 is 0 Å². The lowest BCUT2D eigenvalue weighted by molar-refractivity contribution is -0.137. The Bertz CT molecular complexity index is 646. The normalized spacial score (nSPS) is 15.4. The van der Waals surface area contributed by atoms with E-state index in [1.165, 1.54) is 18.2 Å². The maximum Gasteiger partial charge on any atom is 0.338 e. The number of benzene rings is 1. The highest BCUT2D eigenvalue weighted by molar-refractivity contribution is 5.94. The number of epoxide rings is 1. The summed E-state index contributed by atoms with van der Waals surface area (Å²) >= 11 is 0. The number of rotatable bonds is 9. The van der Waals surface area contributed by atoms with Crippen molar-refractivity contribution in [3.63, 3.8) is 0 Å². The van der Waals surface area contributed by atoms with E-state index in [4.69, 9.17) is 19.3 Å². The van der Waals surface area contributed by atoms with Crippen molar-refractivity contribution in [2.24, 2.45) is 0 Å². The molecule has 7 nitrogen and oxygen atoms in total. The quantitative estimate of drug-likeness (QED) is 0.317. The molecule has 0 aliphatic carbocycles. The molecule has 2 rings (SSSR count).